The molecule has 1 aliphatic carbocycles. The lowest BCUT2D eigenvalue weighted by atomic mass is 10.00. The lowest BCUT2D eigenvalue weighted by Gasteiger charge is -2.13. The maximum absolute atomic E-state index is 13.2. The Bertz CT molecular complexity index is 1490. The van der Waals surface area contributed by atoms with Gasteiger partial charge < -0.3 is 10.1 Å². The highest BCUT2D eigenvalue weighted by atomic mass is 32.2. The molecule has 3 aromatic rings. The number of hydrogen-bond acceptors (Lipinski definition) is 8. The van der Waals surface area contributed by atoms with Crippen LogP contribution in [0.1, 0.15) is 53.9 Å². The van der Waals surface area contributed by atoms with Gasteiger partial charge in [-0.1, -0.05) is 13.0 Å². The summed E-state index contributed by atoms with van der Waals surface area (Å²) in [5.41, 5.74) is -1.20. The number of fused-ring (bicyclic) bond motifs is 1. The highest BCUT2D eigenvalue weighted by Gasteiger charge is 2.45. The monoisotopic (exact) mass is 521 g/mol. The van der Waals surface area contributed by atoms with Crippen LogP contribution in [-0.4, -0.2) is 41.3 Å². The number of pyridine rings is 2. The van der Waals surface area contributed by atoms with Crippen molar-refractivity contribution in [3.8, 4) is 6.07 Å². The van der Waals surface area contributed by atoms with E-state index < -0.39 is 38.5 Å². The molecule has 4 rings (SSSR count). The minimum absolute atomic E-state index is 0.0488. The molecule has 0 spiro atoms. The van der Waals surface area contributed by atoms with Crippen LogP contribution in [0.3, 0.4) is 0 Å². The SMILES string of the molecule is CCOC(=O)c1cc(C(F)(F)F)cnc1CNc1nn2cc(C3(C#N)CC3)ccc2c1S(=O)(=O)CC. The number of halogens is 3. The van der Waals surface area contributed by atoms with Gasteiger partial charge in [-0.3, -0.25) is 4.98 Å². The van der Waals surface area contributed by atoms with Crippen molar-refractivity contribution in [3.05, 3.63) is 53.0 Å². The zero-order valence-corrected chi connectivity index (χ0v) is 20.2. The van der Waals surface area contributed by atoms with E-state index in [2.05, 4.69) is 21.5 Å². The molecule has 0 unspecified atom stereocenters. The van der Waals surface area contributed by atoms with Crippen molar-refractivity contribution < 1.29 is 31.1 Å². The number of alkyl halides is 3. The molecule has 0 aliphatic heterocycles. The Morgan fingerprint density at radius 2 is 2.03 bits per heavy atom. The first kappa shape index (κ1) is 25.4. The topological polar surface area (TPSA) is 126 Å². The van der Waals surface area contributed by atoms with Crippen molar-refractivity contribution >= 4 is 27.1 Å². The molecule has 1 saturated carbocycles. The number of sulfone groups is 1. The van der Waals surface area contributed by atoms with Gasteiger partial charge in [0.25, 0.3) is 0 Å². The smallest absolute Gasteiger partial charge is 0.417 e. The summed E-state index contributed by atoms with van der Waals surface area (Å²) in [5, 5.41) is 16.6. The normalized spacial score (nSPS) is 14.9. The first-order chi connectivity index (χ1) is 17.0. The van der Waals surface area contributed by atoms with Gasteiger partial charge in [0.1, 0.15) is 4.90 Å². The van der Waals surface area contributed by atoms with Crippen molar-refractivity contribution in [2.45, 2.75) is 49.7 Å². The fraction of sp³-hybridized carbons (Fsp3) is 0.391. The quantitative estimate of drug-likeness (QED) is 0.443. The molecule has 1 fully saturated rings. The summed E-state index contributed by atoms with van der Waals surface area (Å²) in [5.74, 6) is -1.26. The summed E-state index contributed by atoms with van der Waals surface area (Å²) in [4.78, 5) is 16.0. The van der Waals surface area contributed by atoms with Crippen LogP contribution in [0.2, 0.25) is 0 Å². The van der Waals surface area contributed by atoms with Crippen molar-refractivity contribution in [2.24, 2.45) is 0 Å². The first-order valence-corrected chi connectivity index (χ1v) is 12.7. The highest BCUT2D eigenvalue weighted by Crippen LogP contribution is 2.47. The summed E-state index contributed by atoms with van der Waals surface area (Å²) in [6.45, 7) is 2.64. The van der Waals surface area contributed by atoms with Crippen molar-refractivity contribution in [3.63, 3.8) is 0 Å². The Balaban J connectivity index is 1.75. The molecule has 0 atom stereocenters. The van der Waals surface area contributed by atoms with E-state index in [0.717, 1.165) is 0 Å². The lowest BCUT2D eigenvalue weighted by molar-refractivity contribution is -0.137. The third kappa shape index (κ3) is 4.60. The molecular formula is C23H22F3N5O4S. The van der Waals surface area contributed by atoms with E-state index in [1.54, 1.807) is 18.3 Å². The van der Waals surface area contributed by atoms with E-state index in [1.165, 1.54) is 18.4 Å². The lowest BCUT2D eigenvalue weighted by Crippen LogP contribution is -2.16. The Kier molecular flexibility index (Phi) is 6.42. The number of carbonyl (C=O) groups excluding carboxylic acids is 1. The Labute approximate surface area is 204 Å². The summed E-state index contributed by atoms with van der Waals surface area (Å²) in [7, 11) is -3.79. The third-order valence-electron chi connectivity index (χ3n) is 6.01. The number of nitrogens with one attached hydrogen (secondary N) is 1. The molecule has 0 radical (unpaired) electrons. The van der Waals surface area contributed by atoms with Crippen LogP contribution in [0.4, 0.5) is 19.0 Å². The number of ether oxygens (including phenoxy) is 1. The Morgan fingerprint density at radius 3 is 2.61 bits per heavy atom. The first-order valence-electron chi connectivity index (χ1n) is 11.1. The molecule has 1 N–H and O–H groups in total. The predicted octanol–water partition coefficient (Wildman–Crippen LogP) is 3.89. The van der Waals surface area contributed by atoms with Gasteiger partial charge in [0, 0.05) is 12.4 Å². The van der Waals surface area contributed by atoms with E-state index >= 15 is 0 Å². The van der Waals surface area contributed by atoms with Gasteiger partial charge in [-0.15, -0.1) is 5.10 Å². The summed E-state index contributed by atoms with van der Waals surface area (Å²) in [6, 6.07) is 6.20. The van der Waals surface area contributed by atoms with Gasteiger partial charge in [0.2, 0.25) is 0 Å². The van der Waals surface area contributed by atoms with Crippen LogP contribution in [0, 0.1) is 11.3 Å². The Hall–Kier alpha value is -3.66. The average Bonchev–Trinajstić information content (AvgIpc) is 3.55. The van der Waals surface area contributed by atoms with Gasteiger partial charge >= 0.3 is 12.1 Å². The maximum Gasteiger partial charge on any atom is 0.417 e. The standard InChI is InChI=1S/C23H22F3N5O4S/c1-3-35-21(32)16-9-15(23(24,25)26)10-28-17(16)11-29-20-19(36(33,34)4-2)18-6-5-14(12-31(18)30-20)22(13-27)7-8-22/h5-6,9-10,12H,3-4,7-8,11H2,1-2H3,(H,29,30). The number of aromatic nitrogens is 3. The van der Waals surface area contributed by atoms with E-state index in [4.69, 9.17) is 4.74 Å². The molecule has 190 valence electrons. The molecule has 36 heavy (non-hydrogen) atoms. The fourth-order valence-corrected chi connectivity index (χ4v) is 4.98. The predicted molar refractivity (Wildman–Crippen MR) is 122 cm³/mol. The molecule has 9 nitrogen and oxygen atoms in total. The minimum Gasteiger partial charge on any atom is -0.462 e. The van der Waals surface area contributed by atoms with Crippen LogP contribution >= 0.6 is 0 Å². The van der Waals surface area contributed by atoms with Crippen LogP contribution in [-0.2, 0) is 32.7 Å². The molecule has 13 heteroatoms. The molecule has 0 amide bonds. The number of hydrogen-bond donors (Lipinski definition) is 1. The van der Waals surface area contributed by atoms with Gasteiger partial charge in [-0.05, 0) is 37.5 Å². The van der Waals surface area contributed by atoms with Crippen molar-refractivity contribution in [1.82, 2.24) is 14.6 Å². The molecule has 0 bridgehead atoms. The number of esters is 1. The van der Waals surface area contributed by atoms with Gasteiger partial charge in [-0.25, -0.2) is 17.7 Å². The number of carbonyl (C=O) groups is 1. The third-order valence-corrected chi connectivity index (χ3v) is 7.79. The number of nitrogens with zero attached hydrogens (tertiary/aromatic N) is 4. The second-order valence-corrected chi connectivity index (χ2v) is 10.5. The summed E-state index contributed by atoms with van der Waals surface area (Å²) >= 11 is 0. The largest absolute Gasteiger partial charge is 0.462 e. The van der Waals surface area contributed by atoms with Gasteiger partial charge in [-0.2, -0.15) is 18.4 Å². The molecule has 3 heterocycles. The van der Waals surface area contributed by atoms with Crippen molar-refractivity contribution in [1.29, 1.82) is 5.26 Å². The van der Waals surface area contributed by atoms with Crippen LogP contribution in [0.15, 0.2) is 35.5 Å². The van der Waals surface area contributed by atoms with Crippen molar-refractivity contribution in [2.75, 3.05) is 17.7 Å². The molecule has 0 saturated heterocycles. The van der Waals surface area contributed by atoms with Gasteiger partial charge in [0.15, 0.2) is 15.7 Å². The van der Waals surface area contributed by atoms with E-state index in [1.807, 2.05) is 0 Å². The summed E-state index contributed by atoms with van der Waals surface area (Å²) < 4.78 is 71.6. The second-order valence-electron chi connectivity index (χ2n) is 8.31. The summed E-state index contributed by atoms with van der Waals surface area (Å²) in [6.07, 6.45) is -1.14. The fourth-order valence-electron chi connectivity index (χ4n) is 3.81. The molecule has 1 aliphatic rings. The number of nitriles is 1. The zero-order chi connectivity index (χ0) is 26.3. The van der Waals surface area contributed by atoms with E-state index in [9.17, 15) is 31.6 Å². The number of rotatable bonds is 8. The number of anilines is 1. The average molecular weight is 522 g/mol. The van der Waals surface area contributed by atoms with Crippen LogP contribution in [0.25, 0.3) is 5.52 Å². The van der Waals surface area contributed by atoms with E-state index in [-0.39, 0.29) is 40.8 Å². The van der Waals surface area contributed by atoms with E-state index in [0.29, 0.717) is 30.7 Å². The highest BCUT2D eigenvalue weighted by molar-refractivity contribution is 7.91. The minimum atomic E-state index is -4.72. The second kappa shape index (κ2) is 9.09. The van der Waals surface area contributed by atoms with Gasteiger partial charge in [0.05, 0.1) is 52.7 Å². The zero-order valence-electron chi connectivity index (χ0n) is 19.4. The van der Waals surface area contributed by atoms with Crippen LogP contribution < -0.4 is 5.32 Å². The Morgan fingerprint density at radius 1 is 1.31 bits per heavy atom. The maximum atomic E-state index is 13.2. The molecule has 3 aromatic heterocycles. The van der Waals surface area contributed by atoms with Crippen LogP contribution in [0.5, 0.6) is 0 Å². The molecular weight excluding hydrogens is 499 g/mol. The molecule has 0 aromatic carbocycles.